The van der Waals surface area contributed by atoms with Gasteiger partial charge in [-0.05, 0) is 12.3 Å². The number of morpholine rings is 1. The average Bonchev–Trinajstić information content (AvgIpc) is 2.84. The minimum atomic E-state index is -0.174. The zero-order valence-corrected chi connectivity index (χ0v) is 12.1. The van der Waals surface area contributed by atoms with E-state index in [1.807, 2.05) is 6.92 Å². The van der Waals surface area contributed by atoms with Crippen molar-refractivity contribution in [2.75, 3.05) is 26.3 Å². The Morgan fingerprint density at radius 2 is 2.26 bits per heavy atom. The maximum Gasteiger partial charge on any atom is 0.257 e. The van der Waals surface area contributed by atoms with Crippen molar-refractivity contribution in [2.24, 2.45) is 5.41 Å². The molecule has 6 nitrogen and oxygen atoms in total. The zero-order valence-electron chi connectivity index (χ0n) is 12.1. The number of hydrogen-bond donors (Lipinski definition) is 1. The van der Waals surface area contributed by atoms with Crippen LogP contribution < -0.4 is 5.32 Å². The molecule has 1 aliphatic heterocycles. The molecule has 1 aliphatic rings. The molecule has 6 heteroatoms. The second kappa shape index (κ2) is 5.98. The Morgan fingerprint density at radius 1 is 1.47 bits per heavy atom. The Kier molecular flexibility index (Phi) is 4.54. The molecule has 1 N–H and O–H groups in total. The normalized spacial score (nSPS) is 22.4. The number of ether oxygens (including phenoxy) is 2. The van der Waals surface area contributed by atoms with Gasteiger partial charge in [0.1, 0.15) is 12.2 Å². The van der Waals surface area contributed by atoms with E-state index in [2.05, 4.69) is 36.2 Å². The summed E-state index contributed by atoms with van der Waals surface area (Å²) in [5.74, 6) is 1.12. The lowest BCUT2D eigenvalue weighted by Gasteiger charge is -2.27. The van der Waals surface area contributed by atoms with Gasteiger partial charge in [-0.2, -0.15) is 4.98 Å². The van der Waals surface area contributed by atoms with Crippen LogP contribution in [0.2, 0.25) is 0 Å². The van der Waals surface area contributed by atoms with Crippen molar-refractivity contribution in [3.63, 3.8) is 0 Å². The molecule has 2 rings (SSSR count). The summed E-state index contributed by atoms with van der Waals surface area (Å²) in [7, 11) is 0. The minimum Gasteiger partial charge on any atom is -0.370 e. The highest BCUT2D eigenvalue weighted by Crippen LogP contribution is 2.35. The summed E-state index contributed by atoms with van der Waals surface area (Å²) in [5, 5.41) is 7.30. The molecule has 0 aliphatic carbocycles. The molecule has 19 heavy (non-hydrogen) atoms. The molecule has 1 aromatic rings. The van der Waals surface area contributed by atoms with Gasteiger partial charge in [-0.25, -0.2) is 0 Å². The first-order chi connectivity index (χ1) is 9.02. The van der Waals surface area contributed by atoms with Gasteiger partial charge in [0, 0.05) is 19.7 Å². The molecular formula is C13H23N3O3. The molecular weight excluding hydrogens is 246 g/mol. The highest BCUT2D eigenvalue weighted by molar-refractivity contribution is 4.99. The van der Waals surface area contributed by atoms with Crippen LogP contribution >= 0.6 is 0 Å². The summed E-state index contributed by atoms with van der Waals surface area (Å²) in [4.78, 5) is 4.45. The summed E-state index contributed by atoms with van der Waals surface area (Å²) in [6.07, 6.45) is -0.330. The van der Waals surface area contributed by atoms with Crippen molar-refractivity contribution >= 4 is 0 Å². The highest BCUT2D eigenvalue weighted by Gasteiger charge is 2.32. The molecule has 0 aromatic carbocycles. The van der Waals surface area contributed by atoms with Crippen molar-refractivity contribution in [3.05, 3.63) is 11.7 Å². The Morgan fingerprint density at radius 3 is 2.84 bits per heavy atom. The van der Waals surface area contributed by atoms with Crippen molar-refractivity contribution in [3.8, 4) is 0 Å². The summed E-state index contributed by atoms with van der Waals surface area (Å²) in [6, 6.07) is 0. The minimum absolute atomic E-state index is 0.0805. The molecule has 108 valence electrons. The third-order valence-corrected chi connectivity index (χ3v) is 3.01. The van der Waals surface area contributed by atoms with Gasteiger partial charge < -0.3 is 19.3 Å². The molecule has 1 saturated heterocycles. The molecule has 0 spiro atoms. The van der Waals surface area contributed by atoms with Gasteiger partial charge in [-0.3, -0.25) is 0 Å². The molecule has 2 atom stereocenters. The third-order valence-electron chi connectivity index (χ3n) is 3.01. The van der Waals surface area contributed by atoms with Crippen LogP contribution in [0, 0.1) is 5.41 Å². The van der Waals surface area contributed by atoms with Crippen LogP contribution in [0.1, 0.15) is 51.6 Å². The first kappa shape index (κ1) is 14.4. The molecule has 2 heterocycles. The van der Waals surface area contributed by atoms with Gasteiger partial charge in [-0.1, -0.05) is 25.9 Å². The van der Waals surface area contributed by atoms with Crippen molar-refractivity contribution in [1.29, 1.82) is 0 Å². The second-order valence-electron chi connectivity index (χ2n) is 5.76. The molecule has 0 radical (unpaired) electrons. The Bertz CT molecular complexity index is 394. The maximum absolute atomic E-state index is 5.75. The summed E-state index contributed by atoms with van der Waals surface area (Å²) in [5.41, 5.74) is -0.0805. The first-order valence-corrected chi connectivity index (χ1v) is 6.79. The summed E-state index contributed by atoms with van der Waals surface area (Å²) in [6.45, 7) is 11.1. The predicted octanol–water partition coefficient (Wildman–Crippen LogP) is 1.85. The number of nitrogens with zero attached hydrogens (tertiary/aromatic N) is 2. The van der Waals surface area contributed by atoms with Gasteiger partial charge >= 0.3 is 0 Å². The van der Waals surface area contributed by atoms with E-state index < -0.39 is 0 Å². The van der Waals surface area contributed by atoms with Crippen molar-refractivity contribution in [2.45, 2.75) is 39.9 Å². The Balaban J connectivity index is 2.13. The van der Waals surface area contributed by atoms with Crippen LogP contribution in [0.3, 0.4) is 0 Å². The van der Waals surface area contributed by atoms with E-state index in [9.17, 15) is 0 Å². The fourth-order valence-electron chi connectivity index (χ4n) is 2.09. The van der Waals surface area contributed by atoms with Crippen LogP contribution in [-0.4, -0.2) is 36.4 Å². The van der Waals surface area contributed by atoms with E-state index in [0.29, 0.717) is 31.5 Å². The molecule has 1 fully saturated rings. The van der Waals surface area contributed by atoms with Crippen LogP contribution in [0.5, 0.6) is 0 Å². The van der Waals surface area contributed by atoms with Crippen LogP contribution in [0.15, 0.2) is 4.52 Å². The van der Waals surface area contributed by atoms with Crippen LogP contribution in [-0.2, 0) is 9.47 Å². The van der Waals surface area contributed by atoms with Crippen LogP contribution in [0.25, 0.3) is 0 Å². The van der Waals surface area contributed by atoms with E-state index in [-0.39, 0.29) is 17.6 Å². The third kappa shape index (κ3) is 3.52. The van der Waals surface area contributed by atoms with Gasteiger partial charge in [0.15, 0.2) is 0 Å². The monoisotopic (exact) mass is 269 g/mol. The standard InChI is InChI=1S/C13H23N3O3/c1-5-17-10(13(2,3)4)11-15-12(19-16-11)9-8-14-6-7-18-9/h9-10,14H,5-8H2,1-4H3. The SMILES string of the molecule is CCOC(c1noc(C2CNCCO2)n1)C(C)(C)C. The van der Waals surface area contributed by atoms with Gasteiger partial charge in [-0.15, -0.1) is 0 Å². The zero-order chi connectivity index (χ0) is 13.9. The number of rotatable bonds is 4. The Labute approximate surface area is 113 Å². The second-order valence-corrected chi connectivity index (χ2v) is 5.76. The summed E-state index contributed by atoms with van der Waals surface area (Å²) < 4.78 is 16.7. The lowest BCUT2D eigenvalue weighted by Crippen LogP contribution is -2.33. The summed E-state index contributed by atoms with van der Waals surface area (Å²) >= 11 is 0. The highest BCUT2D eigenvalue weighted by atomic mass is 16.5. The number of nitrogens with one attached hydrogen (secondary N) is 1. The number of hydrogen-bond acceptors (Lipinski definition) is 6. The maximum atomic E-state index is 5.75. The van der Waals surface area contributed by atoms with E-state index in [1.165, 1.54) is 0 Å². The average molecular weight is 269 g/mol. The Hall–Kier alpha value is -0.980. The molecule has 0 amide bonds. The quantitative estimate of drug-likeness (QED) is 0.899. The molecule has 1 aromatic heterocycles. The predicted molar refractivity (Wildman–Crippen MR) is 69.7 cm³/mol. The van der Waals surface area contributed by atoms with E-state index in [0.717, 1.165) is 6.54 Å². The van der Waals surface area contributed by atoms with Gasteiger partial charge in [0.2, 0.25) is 5.82 Å². The topological polar surface area (TPSA) is 69.4 Å². The van der Waals surface area contributed by atoms with Crippen molar-refractivity contribution < 1.29 is 14.0 Å². The first-order valence-electron chi connectivity index (χ1n) is 6.79. The van der Waals surface area contributed by atoms with Gasteiger partial charge in [0.05, 0.1) is 6.61 Å². The largest absolute Gasteiger partial charge is 0.370 e. The van der Waals surface area contributed by atoms with Gasteiger partial charge in [0.25, 0.3) is 5.89 Å². The van der Waals surface area contributed by atoms with E-state index >= 15 is 0 Å². The lowest BCUT2D eigenvalue weighted by atomic mass is 9.88. The van der Waals surface area contributed by atoms with E-state index in [1.54, 1.807) is 0 Å². The van der Waals surface area contributed by atoms with Crippen LogP contribution in [0.4, 0.5) is 0 Å². The molecule has 0 bridgehead atoms. The fraction of sp³-hybridized carbons (Fsp3) is 0.846. The van der Waals surface area contributed by atoms with E-state index in [4.69, 9.17) is 14.0 Å². The molecule has 0 saturated carbocycles. The number of aromatic nitrogens is 2. The smallest absolute Gasteiger partial charge is 0.257 e. The molecule has 2 unspecified atom stereocenters. The van der Waals surface area contributed by atoms with Crippen molar-refractivity contribution in [1.82, 2.24) is 15.5 Å². The lowest BCUT2D eigenvalue weighted by molar-refractivity contribution is -0.0203. The fourth-order valence-corrected chi connectivity index (χ4v) is 2.09.